The zero-order valence-corrected chi connectivity index (χ0v) is 20.6. The summed E-state index contributed by atoms with van der Waals surface area (Å²) in [6.45, 7) is 2.12. The smallest absolute Gasteiger partial charge is 0.258 e. The van der Waals surface area contributed by atoms with Gasteiger partial charge >= 0.3 is 0 Å². The summed E-state index contributed by atoms with van der Waals surface area (Å²) in [5, 5.41) is 25.8. The Labute approximate surface area is 212 Å². The normalized spacial score (nSPS) is 11.4. The number of unbranched alkanes of at least 4 members (excludes halogenated alkanes) is 3. The third-order valence-corrected chi connectivity index (χ3v) is 6.27. The van der Waals surface area contributed by atoms with Gasteiger partial charge in [0, 0.05) is 29.4 Å². The number of carbonyl (C=O) groups is 1. The molecular weight excluding hydrogens is 474 g/mol. The second kappa shape index (κ2) is 11.4. The van der Waals surface area contributed by atoms with Crippen molar-refractivity contribution >= 4 is 63.0 Å². The van der Waals surface area contributed by atoms with Gasteiger partial charge in [-0.05, 0) is 43.2 Å². The molecule has 0 aliphatic heterocycles. The molecule has 0 aliphatic carbocycles. The van der Waals surface area contributed by atoms with Crippen molar-refractivity contribution in [2.24, 2.45) is 0 Å². The first kappa shape index (κ1) is 24.7. The molecular formula is C25H27N9OS. The lowest BCUT2D eigenvalue weighted by molar-refractivity contribution is -0.112. The molecule has 0 saturated heterocycles. The molecule has 36 heavy (non-hydrogen) atoms. The number of thiazole rings is 1. The fraction of sp³-hybridized carbons (Fsp3) is 0.200. The number of nitrogen functional groups attached to an aromatic ring is 1. The average molecular weight is 502 g/mol. The highest BCUT2D eigenvalue weighted by Crippen LogP contribution is 2.31. The van der Waals surface area contributed by atoms with Gasteiger partial charge in [0.2, 0.25) is 0 Å². The number of aromatic nitrogens is 4. The Bertz CT molecular complexity index is 1440. The van der Waals surface area contributed by atoms with E-state index < -0.39 is 0 Å². The standard InChI is InChI=1S/C25H27N9OS/c1-2-3-4-5-7-16(13-26)25(35)32-20-8-6-9-21(31-20)34-24-22(36-15-29-24)23(33-34)30-18-10-11-19(28)17(12-18)14-27/h6-15,26-27H,2-5,28H2,1H3,(H,30,33)(H,31,32,35)/b16-7+,26-13?,27-14?. The number of nitrogens with one attached hydrogen (secondary N) is 4. The van der Waals surface area contributed by atoms with Crippen LogP contribution in [0.3, 0.4) is 0 Å². The Morgan fingerprint density at radius 2 is 2.08 bits per heavy atom. The summed E-state index contributed by atoms with van der Waals surface area (Å²) in [4.78, 5) is 21.7. The minimum atomic E-state index is -0.377. The van der Waals surface area contributed by atoms with E-state index in [4.69, 9.17) is 16.6 Å². The molecule has 3 aromatic heterocycles. The molecule has 0 fully saturated rings. The molecule has 10 nitrogen and oxygen atoms in total. The molecule has 4 rings (SSSR count). The van der Waals surface area contributed by atoms with Gasteiger partial charge in [-0.2, -0.15) is 4.68 Å². The average Bonchev–Trinajstić information content (AvgIpc) is 3.49. The maximum absolute atomic E-state index is 12.7. The zero-order chi connectivity index (χ0) is 25.5. The van der Waals surface area contributed by atoms with E-state index in [9.17, 15) is 4.79 Å². The third kappa shape index (κ3) is 5.47. The van der Waals surface area contributed by atoms with Crippen LogP contribution in [0.25, 0.3) is 16.2 Å². The second-order valence-electron chi connectivity index (χ2n) is 8.01. The molecule has 0 radical (unpaired) electrons. The van der Waals surface area contributed by atoms with Crippen molar-refractivity contribution in [1.29, 1.82) is 10.8 Å². The van der Waals surface area contributed by atoms with Gasteiger partial charge in [-0.15, -0.1) is 16.4 Å². The van der Waals surface area contributed by atoms with Crippen molar-refractivity contribution in [3.63, 3.8) is 0 Å². The van der Waals surface area contributed by atoms with E-state index in [0.717, 1.165) is 42.3 Å². The number of benzene rings is 1. The molecule has 3 heterocycles. The van der Waals surface area contributed by atoms with Crippen LogP contribution in [0.2, 0.25) is 0 Å². The highest BCUT2D eigenvalue weighted by Gasteiger charge is 2.17. The van der Waals surface area contributed by atoms with E-state index in [1.54, 1.807) is 46.6 Å². The first-order chi connectivity index (χ1) is 17.5. The topological polar surface area (TPSA) is 158 Å². The van der Waals surface area contributed by atoms with Crippen LogP contribution in [0.15, 0.2) is 53.6 Å². The first-order valence-corrected chi connectivity index (χ1v) is 12.4. The molecule has 4 aromatic rings. The molecule has 0 spiro atoms. The summed E-state index contributed by atoms with van der Waals surface area (Å²) >= 11 is 1.44. The van der Waals surface area contributed by atoms with Crippen molar-refractivity contribution in [1.82, 2.24) is 19.7 Å². The molecule has 184 valence electrons. The van der Waals surface area contributed by atoms with Crippen LogP contribution in [0, 0.1) is 10.8 Å². The van der Waals surface area contributed by atoms with Gasteiger partial charge in [-0.1, -0.05) is 31.9 Å². The monoisotopic (exact) mass is 501 g/mol. The third-order valence-electron chi connectivity index (χ3n) is 5.45. The Balaban J connectivity index is 1.58. The lowest BCUT2D eigenvalue weighted by Gasteiger charge is -2.08. The fourth-order valence-corrected chi connectivity index (χ4v) is 4.28. The van der Waals surface area contributed by atoms with E-state index in [2.05, 4.69) is 32.6 Å². The first-order valence-electron chi connectivity index (χ1n) is 11.5. The fourth-order valence-electron chi connectivity index (χ4n) is 3.57. The van der Waals surface area contributed by atoms with E-state index in [0.29, 0.717) is 39.9 Å². The van der Waals surface area contributed by atoms with Crippen LogP contribution < -0.4 is 16.4 Å². The van der Waals surface area contributed by atoms with Crippen LogP contribution in [0.1, 0.15) is 38.2 Å². The van der Waals surface area contributed by atoms with Crippen LogP contribution in [0.5, 0.6) is 0 Å². The summed E-state index contributed by atoms with van der Waals surface area (Å²) in [7, 11) is 0. The predicted molar refractivity (Wildman–Crippen MR) is 146 cm³/mol. The number of rotatable bonds is 11. The number of nitrogens with two attached hydrogens (primary N) is 1. The van der Waals surface area contributed by atoms with Crippen LogP contribution in [-0.2, 0) is 4.79 Å². The van der Waals surface area contributed by atoms with E-state index >= 15 is 0 Å². The molecule has 6 N–H and O–H groups in total. The van der Waals surface area contributed by atoms with Crippen molar-refractivity contribution in [3.05, 3.63) is 59.1 Å². The molecule has 0 unspecified atom stereocenters. The zero-order valence-electron chi connectivity index (χ0n) is 19.8. The van der Waals surface area contributed by atoms with Crippen molar-refractivity contribution in [2.45, 2.75) is 32.6 Å². The number of fused-ring (bicyclic) bond motifs is 1. The van der Waals surface area contributed by atoms with E-state index in [1.807, 2.05) is 6.07 Å². The van der Waals surface area contributed by atoms with Gasteiger partial charge in [0.15, 0.2) is 17.3 Å². The van der Waals surface area contributed by atoms with E-state index in [-0.39, 0.29) is 5.91 Å². The number of pyridine rings is 1. The minimum absolute atomic E-state index is 0.304. The maximum atomic E-state index is 12.7. The van der Waals surface area contributed by atoms with Crippen LogP contribution in [-0.4, -0.2) is 38.1 Å². The summed E-state index contributed by atoms with van der Waals surface area (Å²) < 4.78 is 2.44. The van der Waals surface area contributed by atoms with Gasteiger partial charge in [0.1, 0.15) is 10.5 Å². The molecule has 11 heteroatoms. The quantitative estimate of drug-likeness (QED) is 0.0812. The van der Waals surface area contributed by atoms with Crippen molar-refractivity contribution in [2.75, 3.05) is 16.4 Å². The molecule has 0 atom stereocenters. The van der Waals surface area contributed by atoms with E-state index in [1.165, 1.54) is 17.6 Å². The highest BCUT2D eigenvalue weighted by molar-refractivity contribution is 7.17. The predicted octanol–water partition coefficient (Wildman–Crippen LogP) is 5.30. The number of hydrogen-bond donors (Lipinski definition) is 5. The summed E-state index contributed by atoms with van der Waals surface area (Å²) in [5.74, 6) is 1.04. The number of anilines is 4. The van der Waals surface area contributed by atoms with Crippen molar-refractivity contribution in [3.8, 4) is 5.82 Å². The number of nitrogens with zero attached hydrogens (tertiary/aromatic N) is 4. The maximum Gasteiger partial charge on any atom is 0.258 e. The lowest BCUT2D eigenvalue weighted by atomic mass is 10.1. The van der Waals surface area contributed by atoms with Gasteiger partial charge < -0.3 is 27.2 Å². The Morgan fingerprint density at radius 1 is 1.22 bits per heavy atom. The Kier molecular flexibility index (Phi) is 7.81. The molecule has 0 saturated carbocycles. The lowest BCUT2D eigenvalue weighted by Crippen LogP contribution is -2.16. The summed E-state index contributed by atoms with van der Waals surface area (Å²) in [6, 6.07) is 10.6. The number of allylic oxidation sites excluding steroid dienone is 1. The Morgan fingerprint density at radius 3 is 2.86 bits per heavy atom. The largest absolute Gasteiger partial charge is 0.398 e. The van der Waals surface area contributed by atoms with Gasteiger partial charge in [-0.3, -0.25) is 4.79 Å². The molecule has 1 amide bonds. The second-order valence-corrected chi connectivity index (χ2v) is 8.87. The highest BCUT2D eigenvalue weighted by atomic mass is 32.1. The van der Waals surface area contributed by atoms with Gasteiger partial charge in [0.05, 0.1) is 11.1 Å². The summed E-state index contributed by atoms with van der Waals surface area (Å²) in [5.41, 5.74) is 10.4. The number of hydrogen-bond acceptors (Lipinski definition) is 9. The molecule has 1 aromatic carbocycles. The summed E-state index contributed by atoms with van der Waals surface area (Å²) in [6.07, 6.45) is 7.96. The SMILES string of the molecule is CCCCC/C=C(\C=N)C(=O)Nc1cccc(-n2nc(Nc3ccc(N)c(C=N)c3)c3scnc32)n1. The van der Waals surface area contributed by atoms with Gasteiger partial charge in [-0.25, -0.2) is 9.97 Å². The minimum Gasteiger partial charge on any atom is -0.398 e. The molecule has 0 aliphatic rings. The molecule has 0 bridgehead atoms. The number of carbonyl (C=O) groups excluding carboxylic acids is 1. The number of amides is 1. The van der Waals surface area contributed by atoms with Crippen LogP contribution >= 0.6 is 11.3 Å². The Hall–Kier alpha value is -4.38. The van der Waals surface area contributed by atoms with Gasteiger partial charge in [0.25, 0.3) is 5.91 Å². The van der Waals surface area contributed by atoms with Crippen LogP contribution in [0.4, 0.5) is 23.0 Å². The van der Waals surface area contributed by atoms with Crippen molar-refractivity contribution < 1.29 is 4.79 Å².